The standard InChI is InChI=1S/C14H11BrClFN2O/c1-7-9(5-8(15)6-11(7)18)14(20)19-12-4-2-3-10(16)13(12)17/h2-6H,18H2,1H3,(H,19,20). The van der Waals surface area contributed by atoms with Crippen molar-refractivity contribution in [3.8, 4) is 0 Å². The third kappa shape index (κ3) is 2.94. The molecule has 0 spiro atoms. The Hall–Kier alpha value is -1.59. The summed E-state index contributed by atoms with van der Waals surface area (Å²) >= 11 is 8.94. The lowest BCUT2D eigenvalue weighted by molar-refractivity contribution is 0.102. The van der Waals surface area contributed by atoms with Gasteiger partial charge in [0.25, 0.3) is 5.91 Å². The summed E-state index contributed by atoms with van der Waals surface area (Å²) in [6.45, 7) is 1.73. The van der Waals surface area contributed by atoms with Gasteiger partial charge in [-0.05, 0) is 36.8 Å². The molecule has 0 aromatic heterocycles. The topological polar surface area (TPSA) is 55.1 Å². The number of nitrogen functional groups attached to an aromatic ring is 1. The van der Waals surface area contributed by atoms with Crippen LogP contribution in [0, 0.1) is 12.7 Å². The largest absolute Gasteiger partial charge is 0.398 e. The van der Waals surface area contributed by atoms with Gasteiger partial charge in [0.1, 0.15) is 0 Å². The molecule has 3 nitrogen and oxygen atoms in total. The maximum absolute atomic E-state index is 13.8. The lowest BCUT2D eigenvalue weighted by Crippen LogP contribution is -2.15. The Balaban J connectivity index is 2.36. The molecule has 0 atom stereocenters. The molecule has 0 aliphatic carbocycles. The van der Waals surface area contributed by atoms with Crippen LogP contribution < -0.4 is 11.1 Å². The molecule has 3 N–H and O–H groups in total. The highest BCUT2D eigenvalue weighted by Crippen LogP contribution is 2.26. The normalized spacial score (nSPS) is 10.4. The Morgan fingerprint density at radius 1 is 1.40 bits per heavy atom. The predicted molar refractivity (Wildman–Crippen MR) is 82.7 cm³/mol. The number of halogens is 3. The maximum Gasteiger partial charge on any atom is 0.256 e. The zero-order chi connectivity index (χ0) is 14.9. The second-order valence-electron chi connectivity index (χ2n) is 4.22. The molecule has 0 aliphatic rings. The monoisotopic (exact) mass is 356 g/mol. The molecule has 2 rings (SSSR count). The highest BCUT2D eigenvalue weighted by Gasteiger charge is 2.15. The summed E-state index contributed by atoms with van der Waals surface area (Å²) in [5.74, 6) is -1.11. The Morgan fingerprint density at radius 3 is 2.80 bits per heavy atom. The van der Waals surface area contributed by atoms with E-state index >= 15 is 0 Å². The van der Waals surface area contributed by atoms with E-state index in [1.54, 1.807) is 25.1 Å². The third-order valence-electron chi connectivity index (χ3n) is 2.86. The molecule has 0 unspecified atom stereocenters. The Bertz CT molecular complexity index is 691. The van der Waals surface area contributed by atoms with E-state index in [1.807, 2.05) is 0 Å². The van der Waals surface area contributed by atoms with Gasteiger partial charge in [-0.1, -0.05) is 33.6 Å². The molecule has 0 bridgehead atoms. The highest BCUT2D eigenvalue weighted by atomic mass is 79.9. The van der Waals surface area contributed by atoms with Crippen LogP contribution in [0.5, 0.6) is 0 Å². The van der Waals surface area contributed by atoms with E-state index in [-0.39, 0.29) is 10.7 Å². The summed E-state index contributed by atoms with van der Waals surface area (Å²) in [7, 11) is 0. The fraction of sp³-hybridized carbons (Fsp3) is 0.0714. The van der Waals surface area contributed by atoms with Gasteiger partial charge in [-0.2, -0.15) is 0 Å². The van der Waals surface area contributed by atoms with Crippen LogP contribution in [0.25, 0.3) is 0 Å². The van der Waals surface area contributed by atoms with E-state index in [2.05, 4.69) is 21.2 Å². The molecule has 20 heavy (non-hydrogen) atoms. The van der Waals surface area contributed by atoms with Crippen LogP contribution >= 0.6 is 27.5 Å². The molecule has 0 radical (unpaired) electrons. The molecule has 0 saturated heterocycles. The van der Waals surface area contributed by atoms with E-state index in [0.717, 1.165) is 0 Å². The number of hydrogen-bond donors (Lipinski definition) is 2. The summed E-state index contributed by atoms with van der Waals surface area (Å²) < 4.78 is 14.4. The number of hydrogen-bond acceptors (Lipinski definition) is 2. The zero-order valence-corrected chi connectivity index (χ0v) is 12.8. The number of benzene rings is 2. The average Bonchev–Trinajstić information content (AvgIpc) is 2.39. The molecule has 0 aliphatic heterocycles. The van der Waals surface area contributed by atoms with E-state index in [4.69, 9.17) is 17.3 Å². The zero-order valence-electron chi connectivity index (χ0n) is 10.5. The van der Waals surface area contributed by atoms with Crippen molar-refractivity contribution in [1.29, 1.82) is 0 Å². The second-order valence-corrected chi connectivity index (χ2v) is 5.55. The number of carbonyl (C=O) groups is 1. The molecule has 1 amide bonds. The molecular formula is C14H11BrClFN2O. The van der Waals surface area contributed by atoms with Crippen molar-refractivity contribution in [3.05, 3.63) is 56.8 Å². The minimum atomic E-state index is -0.664. The smallest absolute Gasteiger partial charge is 0.256 e. The highest BCUT2D eigenvalue weighted by molar-refractivity contribution is 9.10. The Morgan fingerprint density at radius 2 is 2.10 bits per heavy atom. The molecule has 2 aromatic rings. The van der Waals surface area contributed by atoms with Crippen LogP contribution in [-0.4, -0.2) is 5.91 Å². The first-order chi connectivity index (χ1) is 9.40. The van der Waals surface area contributed by atoms with Crippen LogP contribution in [0.4, 0.5) is 15.8 Å². The first kappa shape index (κ1) is 14.8. The van der Waals surface area contributed by atoms with Gasteiger partial charge < -0.3 is 11.1 Å². The van der Waals surface area contributed by atoms with Gasteiger partial charge in [0.15, 0.2) is 5.82 Å². The number of carbonyl (C=O) groups excluding carboxylic acids is 1. The van der Waals surface area contributed by atoms with Crippen LogP contribution in [0.2, 0.25) is 5.02 Å². The lowest BCUT2D eigenvalue weighted by atomic mass is 10.1. The van der Waals surface area contributed by atoms with E-state index in [1.165, 1.54) is 12.1 Å². The van der Waals surface area contributed by atoms with Gasteiger partial charge in [0.2, 0.25) is 0 Å². The van der Waals surface area contributed by atoms with E-state index in [0.29, 0.717) is 21.3 Å². The summed E-state index contributed by atoms with van der Waals surface area (Å²) in [5.41, 5.74) is 7.32. The van der Waals surface area contributed by atoms with Gasteiger partial charge in [-0.3, -0.25) is 4.79 Å². The van der Waals surface area contributed by atoms with E-state index < -0.39 is 11.7 Å². The number of anilines is 2. The van der Waals surface area contributed by atoms with Gasteiger partial charge >= 0.3 is 0 Å². The van der Waals surface area contributed by atoms with Gasteiger partial charge in [0.05, 0.1) is 10.7 Å². The van der Waals surface area contributed by atoms with Crippen molar-refractivity contribution in [3.63, 3.8) is 0 Å². The quantitative estimate of drug-likeness (QED) is 0.783. The fourth-order valence-corrected chi connectivity index (χ4v) is 2.38. The summed E-state index contributed by atoms with van der Waals surface area (Å²) in [6, 6.07) is 7.74. The first-order valence-corrected chi connectivity index (χ1v) is 6.88. The number of nitrogens with one attached hydrogen (secondary N) is 1. The lowest BCUT2D eigenvalue weighted by Gasteiger charge is -2.11. The molecule has 0 heterocycles. The van der Waals surface area contributed by atoms with Gasteiger partial charge in [-0.15, -0.1) is 0 Å². The summed E-state index contributed by atoms with van der Waals surface area (Å²) in [4.78, 5) is 12.2. The molecular weight excluding hydrogens is 347 g/mol. The molecule has 2 aromatic carbocycles. The van der Waals surface area contributed by atoms with Crippen molar-refractivity contribution in [2.24, 2.45) is 0 Å². The first-order valence-electron chi connectivity index (χ1n) is 5.71. The van der Waals surface area contributed by atoms with Crippen LogP contribution in [0.3, 0.4) is 0 Å². The molecule has 104 valence electrons. The third-order valence-corrected chi connectivity index (χ3v) is 3.61. The van der Waals surface area contributed by atoms with Crippen LogP contribution in [0.1, 0.15) is 15.9 Å². The summed E-state index contributed by atoms with van der Waals surface area (Å²) in [5, 5.41) is 2.44. The summed E-state index contributed by atoms with van der Waals surface area (Å²) in [6.07, 6.45) is 0. The predicted octanol–water partition coefficient (Wildman–Crippen LogP) is 4.38. The average molecular weight is 358 g/mol. The SMILES string of the molecule is Cc1c(N)cc(Br)cc1C(=O)Nc1cccc(Cl)c1F. The van der Waals surface area contributed by atoms with Crippen molar-refractivity contribution in [1.82, 2.24) is 0 Å². The minimum absolute atomic E-state index is 0.0282. The second kappa shape index (κ2) is 5.81. The van der Waals surface area contributed by atoms with Crippen molar-refractivity contribution in [2.75, 3.05) is 11.1 Å². The number of rotatable bonds is 2. The molecule has 0 saturated carbocycles. The van der Waals surface area contributed by atoms with Crippen molar-refractivity contribution >= 4 is 44.8 Å². The van der Waals surface area contributed by atoms with Crippen molar-refractivity contribution < 1.29 is 9.18 Å². The van der Waals surface area contributed by atoms with Crippen molar-refractivity contribution in [2.45, 2.75) is 6.92 Å². The fourth-order valence-electron chi connectivity index (χ4n) is 1.73. The van der Waals surface area contributed by atoms with Gasteiger partial charge in [0, 0.05) is 15.7 Å². The maximum atomic E-state index is 13.8. The molecule has 6 heteroatoms. The minimum Gasteiger partial charge on any atom is -0.398 e. The Kier molecular flexibility index (Phi) is 4.30. The van der Waals surface area contributed by atoms with E-state index in [9.17, 15) is 9.18 Å². The number of amides is 1. The Labute approximate surface area is 129 Å². The molecule has 0 fully saturated rings. The number of nitrogens with two attached hydrogens (primary N) is 1. The van der Waals surface area contributed by atoms with Crippen LogP contribution in [0.15, 0.2) is 34.8 Å². The van der Waals surface area contributed by atoms with Gasteiger partial charge in [-0.25, -0.2) is 4.39 Å². The van der Waals surface area contributed by atoms with Crippen LogP contribution in [-0.2, 0) is 0 Å².